The number of rotatable bonds is 7. The number of halogens is 3. The Bertz CT molecular complexity index is 1210. The number of benzene rings is 1. The molecule has 11 heteroatoms. The lowest BCUT2D eigenvalue weighted by molar-refractivity contribution is -0.156. The van der Waals surface area contributed by atoms with Crippen molar-refractivity contribution in [3.63, 3.8) is 0 Å². The van der Waals surface area contributed by atoms with Crippen LogP contribution < -0.4 is 10.6 Å². The molecule has 0 radical (unpaired) electrons. The number of hydrogen-bond acceptors (Lipinski definition) is 5. The van der Waals surface area contributed by atoms with Gasteiger partial charge in [0.2, 0.25) is 5.91 Å². The van der Waals surface area contributed by atoms with E-state index in [1.54, 1.807) is 17.7 Å². The standard InChI is InChI=1S/C23H24F3N5O3/c1-31-19-15(22(33)30-20(23(24,25)26)16-8-3-4-9-27-16)10-14(28-18(32)12-34-2)11-17(19)29-21(31)13-6-5-7-13/h3-4,8-11,13,20H,5-7,12H2,1-2H3,(H,28,32)(H,30,33)/t20-/m0/s1. The summed E-state index contributed by atoms with van der Waals surface area (Å²) < 4.78 is 48.1. The first-order valence-electron chi connectivity index (χ1n) is 10.8. The van der Waals surface area contributed by atoms with Gasteiger partial charge >= 0.3 is 6.18 Å². The molecule has 0 unspecified atom stereocenters. The highest BCUT2D eigenvalue weighted by molar-refractivity contribution is 6.08. The molecule has 4 rings (SSSR count). The van der Waals surface area contributed by atoms with Crippen molar-refractivity contribution in [2.24, 2.45) is 7.05 Å². The van der Waals surface area contributed by atoms with Crippen LogP contribution in [0.4, 0.5) is 18.9 Å². The summed E-state index contributed by atoms with van der Waals surface area (Å²) in [7, 11) is 3.10. The van der Waals surface area contributed by atoms with Crippen molar-refractivity contribution in [3.05, 3.63) is 53.6 Å². The van der Waals surface area contributed by atoms with Crippen molar-refractivity contribution in [2.45, 2.75) is 37.4 Å². The number of nitrogens with zero attached hydrogens (tertiary/aromatic N) is 3. The summed E-state index contributed by atoms with van der Waals surface area (Å²) in [6, 6.07) is 4.76. The predicted octanol–water partition coefficient (Wildman–Crippen LogP) is 3.85. The maximum atomic E-state index is 13.8. The summed E-state index contributed by atoms with van der Waals surface area (Å²) >= 11 is 0. The lowest BCUT2D eigenvalue weighted by Gasteiger charge is -2.24. The molecule has 1 atom stereocenters. The second kappa shape index (κ2) is 9.41. The SMILES string of the molecule is COCC(=O)Nc1cc(C(=O)N[C@@H](c2ccccn2)C(F)(F)F)c2c(c1)nc(C1CCC1)n2C. The molecular formula is C23H24F3N5O3. The van der Waals surface area contributed by atoms with E-state index in [1.165, 1.54) is 37.6 Å². The number of alkyl halides is 3. The summed E-state index contributed by atoms with van der Waals surface area (Å²) in [5.74, 6) is -0.446. The van der Waals surface area contributed by atoms with E-state index in [-0.39, 0.29) is 29.5 Å². The van der Waals surface area contributed by atoms with Crippen molar-refractivity contribution < 1.29 is 27.5 Å². The van der Waals surface area contributed by atoms with Gasteiger partial charge in [0.1, 0.15) is 12.4 Å². The molecule has 0 saturated heterocycles. The first kappa shape index (κ1) is 23.7. The minimum atomic E-state index is -4.77. The molecule has 2 heterocycles. The second-order valence-corrected chi connectivity index (χ2v) is 8.23. The van der Waals surface area contributed by atoms with Crippen LogP contribution in [0.3, 0.4) is 0 Å². The normalized spacial score (nSPS) is 15.1. The van der Waals surface area contributed by atoms with E-state index in [0.717, 1.165) is 25.1 Å². The van der Waals surface area contributed by atoms with E-state index in [9.17, 15) is 22.8 Å². The van der Waals surface area contributed by atoms with Gasteiger partial charge in [-0.05, 0) is 37.1 Å². The molecular weight excluding hydrogens is 451 g/mol. The number of fused-ring (bicyclic) bond motifs is 1. The van der Waals surface area contributed by atoms with Crippen LogP contribution in [0.15, 0.2) is 36.5 Å². The fraction of sp³-hybridized carbons (Fsp3) is 0.391. The minimum absolute atomic E-state index is 0.0315. The topological polar surface area (TPSA) is 98.1 Å². The molecule has 2 aromatic heterocycles. The van der Waals surface area contributed by atoms with E-state index in [1.807, 2.05) is 0 Å². The van der Waals surface area contributed by atoms with E-state index in [2.05, 4.69) is 20.6 Å². The first-order chi connectivity index (χ1) is 16.2. The number of methoxy groups -OCH3 is 1. The van der Waals surface area contributed by atoms with Gasteiger partial charge in [-0.25, -0.2) is 4.98 Å². The smallest absolute Gasteiger partial charge is 0.375 e. The molecule has 0 bridgehead atoms. The van der Waals surface area contributed by atoms with E-state index in [0.29, 0.717) is 11.0 Å². The number of amides is 2. The third kappa shape index (κ3) is 4.74. The molecule has 34 heavy (non-hydrogen) atoms. The van der Waals surface area contributed by atoms with Gasteiger partial charge in [-0.2, -0.15) is 13.2 Å². The summed E-state index contributed by atoms with van der Waals surface area (Å²) in [4.78, 5) is 33.7. The number of imidazole rings is 1. The molecule has 1 aromatic carbocycles. The summed E-state index contributed by atoms with van der Waals surface area (Å²) in [5.41, 5.74) is 0.678. The maximum absolute atomic E-state index is 13.8. The second-order valence-electron chi connectivity index (χ2n) is 8.23. The highest BCUT2D eigenvalue weighted by atomic mass is 19.4. The van der Waals surface area contributed by atoms with Gasteiger partial charge in [0.05, 0.1) is 22.3 Å². The maximum Gasteiger partial charge on any atom is 0.414 e. The number of pyridine rings is 1. The zero-order valence-corrected chi connectivity index (χ0v) is 18.6. The average Bonchev–Trinajstić information content (AvgIpc) is 3.06. The first-order valence-corrected chi connectivity index (χ1v) is 10.8. The van der Waals surface area contributed by atoms with E-state index < -0.39 is 24.0 Å². The Morgan fingerprint density at radius 3 is 2.62 bits per heavy atom. The Kier molecular flexibility index (Phi) is 6.56. The molecule has 0 spiro atoms. The summed E-state index contributed by atoms with van der Waals surface area (Å²) in [6.07, 6.45) is -0.567. The minimum Gasteiger partial charge on any atom is -0.375 e. The highest BCUT2D eigenvalue weighted by Gasteiger charge is 2.43. The van der Waals surface area contributed by atoms with Crippen LogP contribution in [0.25, 0.3) is 11.0 Å². The Morgan fingerprint density at radius 1 is 1.26 bits per heavy atom. The quantitative estimate of drug-likeness (QED) is 0.541. The Morgan fingerprint density at radius 2 is 2.03 bits per heavy atom. The Hall–Kier alpha value is -3.47. The van der Waals surface area contributed by atoms with Crippen molar-refractivity contribution in [2.75, 3.05) is 19.0 Å². The highest BCUT2D eigenvalue weighted by Crippen LogP contribution is 2.38. The molecule has 2 N–H and O–H groups in total. The molecule has 1 saturated carbocycles. The fourth-order valence-corrected chi connectivity index (χ4v) is 4.05. The van der Waals surface area contributed by atoms with Crippen LogP contribution in [0.1, 0.15) is 53.1 Å². The molecule has 1 aliphatic carbocycles. The third-order valence-corrected chi connectivity index (χ3v) is 5.86. The summed E-state index contributed by atoms with van der Waals surface area (Å²) in [6.45, 7) is -0.217. The number of hydrogen-bond donors (Lipinski definition) is 2. The van der Waals surface area contributed by atoms with Gasteiger partial charge in [-0.3, -0.25) is 14.6 Å². The van der Waals surface area contributed by atoms with Crippen LogP contribution in [0.2, 0.25) is 0 Å². The number of ether oxygens (including phenoxy) is 1. The average molecular weight is 475 g/mol. The van der Waals surface area contributed by atoms with Crippen LogP contribution in [0.5, 0.6) is 0 Å². The Balaban J connectivity index is 1.77. The van der Waals surface area contributed by atoms with Crippen molar-refractivity contribution in [1.82, 2.24) is 19.9 Å². The van der Waals surface area contributed by atoms with Crippen molar-refractivity contribution in [3.8, 4) is 0 Å². The van der Waals surface area contributed by atoms with Gasteiger partial charge in [0.15, 0.2) is 6.04 Å². The van der Waals surface area contributed by atoms with Gasteiger partial charge in [0.25, 0.3) is 5.91 Å². The number of nitrogens with one attached hydrogen (secondary N) is 2. The lowest BCUT2D eigenvalue weighted by atomic mass is 9.85. The van der Waals surface area contributed by atoms with Gasteiger partial charge in [-0.1, -0.05) is 12.5 Å². The monoisotopic (exact) mass is 475 g/mol. The number of carbonyl (C=O) groups excluding carboxylic acids is 2. The van der Waals surface area contributed by atoms with Crippen molar-refractivity contribution in [1.29, 1.82) is 0 Å². The van der Waals surface area contributed by atoms with Crippen LogP contribution in [-0.4, -0.2) is 46.2 Å². The predicted molar refractivity (Wildman–Crippen MR) is 118 cm³/mol. The Labute approximate surface area is 193 Å². The molecule has 8 nitrogen and oxygen atoms in total. The zero-order valence-electron chi connectivity index (χ0n) is 18.6. The van der Waals surface area contributed by atoms with Crippen LogP contribution in [-0.2, 0) is 16.6 Å². The van der Waals surface area contributed by atoms with E-state index >= 15 is 0 Å². The molecule has 1 aliphatic rings. The lowest BCUT2D eigenvalue weighted by Crippen LogP contribution is -2.38. The van der Waals surface area contributed by atoms with Crippen molar-refractivity contribution >= 4 is 28.5 Å². The number of carbonyl (C=O) groups is 2. The molecule has 2 amide bonds. The van der Waals surface area contributed by atoms with E-state index in [4.69, 9.17) is 4.74 Å². The molecule has 0 aliphatic heterocycles. The fourth-order valence-electron chi connectivity index (χ4n) is 4.05. The van der Waals surface area contributed by atoms with Gasteiger partial charge in [-0.15, -0.1) is 0 Å². The van der Waals surface area contributed by atoms with Gasteiger partial charge < -0.3 is 19.9 Å². The molecule has 180 valence electrons. The summed E-state index contributed by atoms with van der Waals surface area (Å²) in [5, 5.41) is 4.68. The zero-order chi connectivity index (χ0) is 24.5. The molecule has 3 aromatic rings. The van der Waals surface area contributed by atoms with Crippen LogP contribution >= 0.6 is 0 Å². The number of aromatic nitrogens is 3. The largest absolute Gasteiger partial charge is 0.414 e. The molecule has 1 fully saturated rings. The third-order valence-electron chi connectivity index (χ3n) is 5.86. The number of aryl methyl sites for hydroxylation is 1. The number of anilines is 1. The van der Waals surface area contributed by atoms with Gasteiger partial charge in [0, 0.05) is 32.0 Å². The van der Waals surface area contributed by atoms with Crippen LogP contribution in [0, 0.1) is 0 Å².